The SMILES string of the molecule is CCOC(=O)C(C)=Cc1cccc(C(F)(F)F)c1. The molecule has 0 bridgehead atoms. The zero-order chi connectivity index (χ0) is 13.8. The van der Waals surface area contributed by atoms with Gasteiger partial charge in [0, 0.05) is 5.57 Å². The molecule has 0 aromatic heterocycles. The number of hydrogen-bond donors (Lipinski definition) is 0. The Bertz CT molecular complexity index is 462. The zero-order valence-corrected chi connectivity index (χ0v) is 10.0. The van der Waals surface area contributed by atoms with E-state index in [0.29, 0.717) is 5.56 Å². The molecule has 0 fully saturated rings. The minimum atomic E-state index is -4.39. The van der Waals surface area contributed by atoms with Crippen LogP contribution in [0.2, 0.25) is 0 Å². The van der Waals surface area contributed by atoms with Gasteiger partial charge in [-0.25, -0.2) is 4.79 Å². The molecule has 0 aliphatic carbocycles. The lowest BCUT2D eigenvalue weighted by atomic mass is 10.1. The lowest BCUT2D eigenvalue weighted by Gasteiger charge is -2.07. The van der Waals surface area contributed by atoms with Crippen molar-refractivity contribution in [3.8, 4) is 0 Å². The smallest absolute Gasteiger partial charge is 0.416 e. The first kappa shape index (κ1) is 14.3. The second-order valence-electron chi connectivity index (χ2n) is 3.67. The highest BCUT2D eigenvalue weighted by Crippen LogP contribution is 2.29. The average Bonchev–Trinajstić information content (AvgIpc) is 2.28. The van der Waals surface area contributed by atoms with Crippen LogP contribution < -0.4 is 0 Å². The van der Waals surface area contributed by atoms with E-state index < -0.39 is 17.7 Å². The van der Waals surface area contributed by atoms with Crippen molar-refractivity contribution in [3.63, 3.8) is 0 Å². The highest BCUT2D eigenvalue weighted by Gasteiger charge is 2.30. The van der Waals surface area contributed by atoms with E-state index in [1.807, 2.05) is 0 Å². The van der Waals surface area contributed by atoms with E-state index in [1.165, 1.54) is 25.1 Å². The van der Waals surface area contributed by atoms with E-state index in [1.54, 1.807) is 6.92 Å². The van der Waals surface area contributed by atoms with Crippen LogP contribution >= 0.6 is 0 Å². The normalized spacial score (nSPS) is 12.4. The number of hydrogen-bond acceptors (Lipinski definition) is 2. The maximum Gasteiger partial charge on any atom is 0.416 e. The molecule has 0 N–H and O–H groups in total. The third-order valence-electron chi connectivity index (χ3n) is 2.19. The van der Waals surface area contributed by atoms with Crippen molar-refractivity contribution >= 4 is 12.0 Å². The summed E-state index contributed by atoms with van der Waals surface area (Å²) in [7, 11) is 0. The molecule has 0 aliphatic rings. The Morgan fingerprint density at radius 2 is 2.06 bits per heavy atom. The van der Waals surface area contributed by atoms with Crippen LogP contribution in [0.3, 0.4) is 0 Å². The number of halogens is 3. The highest BCUT2D eigenvalue weighted by molar-refractivity contribution is 5.92. The fourth-order valence-corrected chi connectivity index (χ4v) is 1.36. The molecule has 0 heterocycles. The van der Waals surface area contributed by atoms with Gasteiger partial charge in [-0.3, -0.25) is 0 Å². The van der Waals surface area contributed by atoms with Crippen molar-refractivity contribution in [1.82, 2.24) is 0 Å². The molecule has 5 heteroatoms. The summed E-state index contributed by atoms with van der Waals surface area (Å²) in [6.45, 7) is 3.39. The van der Waals surface area contributed by atoms with E-state index in [9.17, 15) is 18.0 Å². The highest BCUT2D eigenvalue weighted by atomic mass is 19.4. The number of alkyl halides is 3. The summed E-state index contributed by atoms with van der Waals surface area (Å²) >= 11 is 0. The van der Waals surface area contributed by atoms with E-state index in [2.05, 4.69) is 0 Å². The summed E-state index contributed by atoms with van der Waals surface area (Å²) in [4.78, 5) is 11.3. The molecule has 0 atom stereocenters. The third-order valence-corrected chi connectivity index (χ3v) is 2.19. The number of esters is 1. The Morgan fingerprint density at radius 3 is 2.61 bits per heavy atom. The predicted molar refractivity (Wildman–Crippen MR) is 61.7 cm³/mol. The van der Waals surface area contributed by atoms with Gasteiger partial charge in [-0.05, 0) is 37.6 Å². The van der Waals surface area contributed by atoms with Crippen molar-refractivity contribution < 1.29 is 22.7 Å². The number of rotatable bonds is 3. The first-order valence-corrected chi connectivity index (χ1v) is 5.37. The molecule has 98 valence electrons. The maximum absolute atomic E-state index is 12.5. The summed E-state index contributed by atoms with van der Waals surface area (Å²) < 4.78 is 42.2. The first-order chi connectivity index (χ1) is 8.34. The van der Waals surface area contributed by atoms with Gasteiger partial charge in [0.25, 0.3) is 0 Å². The summed E-state index contributed by atoms with van der Waals surface area (Å²) in [5.74, 6) is -0.532. The Hall–Kier alpha value is -1.78. The Balaban J connectivity index is 2.98. The molecule has 1 aromatic carbocycles. The molecule has 0 spiro atoms. The van der Waals surface area contributed by atoms with Crippen molar-refractivity contribution in [2.75, 3.05) is 6.61 Å². The fourth-order valence-electron chi connectivity index (χ4n) is 1.36. The first-order valence-electron chi connectivity index (χ1n) is 5.37. The summed E-state index contributed by atoms with van der Waals surface area (Å²) in [6.07, 6.45) is -3.02. The van der Waals surface area contributed by atoms with Gasteiger partial charge in [-0.15, -0.1) is 0 Å². The number of carbonyl (C=O) groups is 1. The van der Waals surface area contributed by atoms with Gasteiger partial charge < -0.3 is 4.74 Å². The molecule has 0 saturated heterocycles. The van der Waals surface area contributed by atoms with Crippen LogP contribution in [0.4, 0.5) is 13.2 Å². The van der Waals surface area contributed by atoms with Gasteiger partial charge in [-0.2, -0.15) is 13.2 Å². The van der Waals surface area contributed by atoms with Crippen molar-refractivity contribution in [3.05, 3.63) is 41.0 Å². The minimum absolute atomic E-state index is 0.229. The number of ether oxygens (including phenoxy) is 1. The van der Waals surface area contributed by atoms with Crippen LogP contribution in [0, 0.1) is 0 Å². The van der Waals surface area contributed by atoms with E-state index in [4.69, 9.17) is 4.74 Å². The molecule has 0 unspecified atom stereocenters. The quantitative estimate of drug-likeness (QED) is 0.610. The van der Waals surface area contributed by atoms with Crippen molar-refractivity contribution in [2.45, 2.75) is 20.0 Å². The average molecular weight is 258 g/mol. The van der Waals surface area contributed by atoms with Crippen molar-refractivity contribution in [1.29, 1.82) is 0 Å². The van der Waals surface area contributed by atoms with Gasteiger partial charge in [0.05, 0.1) is 12.2 Å². The molecule has 1 rings (SSSR count). The van der Waals surface area contributed by atoms with Gasteiger partial charge in [0.2, 0.25) is 0 Å². The second-order valence-corrected chi connectivity index (χ2v) is 3.67. The topological polar surface area (TPSA) is 26.3 Å². The molecular formula is C13H13F3O2. The fraction of sp³-hybridized carbons (Fsp3) is 0.308. The number of carbonyl (C=O) groups excluding carboxylic acids is 1. The van der Waals surface area contributed by atoms with Gasteiger partial charge in [0.15, 0.2) is 0 Å². The molecule has 2 nitrogen and oxygen atoms in total. The standard InChI is InChI=1S/C13H13F3O2/c1-3-18-12(17)9(2)7-10-5-4-6-11(8-10)13(14,15)16/h4-8H,3H2,1-2H3. The Morgan fingerprint density at radius 1 is 1.39 bits per heavy atom. The molecule has 0 aliphatic heterocycles. The molecule has 1 aromatic rings. The molecule has 18 heavy (non-hydrogen) atoms. The van der Waals surface area contributed by atoms with Crippen LogP contribution in [-0.4, -0.2) is 12.6 Å². The van der Waals surface area contributed by atoms with Gasteiger partial charge in [0.1, 0.15) is 0 Å². The molecular weight excluding hydrogens is 245 g/mol. The summed E-state index contributed by atoms with van der Waals surface area (Å²) in [5, 5.41) is 0. The van der Waals surface area contributed by atoms with Gasteiger partial charge in [-0.1, -0.05) is 12.1 Å². The van der Waals surface area contributed by atoms with Crippen LogP contribution in [0.15, 0.2) is 29.8 Å². The van der Waals surface area contributed by atoms with E-state index in [-0.39, 0.29) is 12.2 Å². The zero-order valence-electron chi connectivity index (χ0n) is 10.0. The van der Waals surface area contributed by atoms with Crippen LogP contribution in [0.1, 0.15) is 25.0 Å². The predicted octanol–water partition coefficient (Wildman–Crippen LogP) is 3.67. The number of benzene rings is 1. The lowest BCUT2D eigenvalue weighted by molar-refractivity contribution is -0.138. The Labute approximate surface area is 103 Å². The minimum Gasteiger partial charge on any atom is -0.463 e. The molecule has 0 radical (unpaired) electrons. The lowest BCUT2D eigenvalue weighted by Crippen LogP contribution is -2.06. The van der Waals surface area contributed by atoms with Gasteiger partial charge >= 0.3 is 12.1 Å². The second kappa shape index (κ2) is 5.71. The third kappa shape index (κ3) is 3.91. The van der Waals surface area contributed by atoms with Crippen LogP contribution in [-0.2, 0) is 15.7 Å². The van der Waals surface area contributed by atoms with Crippen LogP contribution in [0.25, 0.3) is 6.08 Å². The van der Waals surface area contributed by atoms with Crippen molar-refractivity contribution in [2.24, 2.45) is 0 Å². The Kier molecular flexibility index (Phi) is 4.53. The monoisotopic (exact) mass is 258 g/mol. The summed E-state index contributed by atoms with van der Waals surface area (Å²) in [5.41, 5.74) is -0.167. The summed E-state index contributed by atoms with van der Waals surface area (Å²) in [6, 6.07) is 4.77. The van der Waals surface area contributed by atoms with E-state index in [0.717, 1.165) is 12.1 Å². The van der Waals surface area contributed by atoms with E-state index >= 15 is 0 Å². The van der Waals surface area contributed by atoms with Crippen LogP contribution in [0.5, 0.6) is 0 Å². The molecule has 0 amide bonds. The molecule has 0 saturated carbocycles. The largest absolute Gasteiger partial charge is 0.463 e. The maximum atomic E-state index is 12.5.